The molecule has 0 amide bonds. The average molecular weight is 380 g/mol. The van der Waals surface area contributed by atoms with Gasteiger partial charge in [-0.25, -0.2) is 4.98 Å². The monoisotopic (exact) mass is 380 g/mol. The molecular weight excluding hydrogens is 360 g/mol. The summed E-state index contributed by atoms with van der Waals surface area (Å²) in [6.45, 7) is 6.93. The quantitative estimate of drug-likeness (QED) is 0.590. The van der Waals surface area contributed by atoms with Gasteiger partial charge >= 0.3 is 0 Å². The molecule has 4 aromatic rings. The third kappa shape index (κ3) is 3.00. The smallest absolute Gasteiger partial charge is 0.292 e. The number of nitrogens with one attached hydrogen (secondary N) is 1. The maximum Gasteiger partial charge on any atom is 0.292 e. The highest BCUT2D eigenvalue weighted by molar-refractivity contribution is 7.18. The average Bonchev–Trinajstić information content (AvgIpc) is 3.30. The normalized spacial score (nSPS) is 15.8. The highest BCUT2D eigenvalue weighted by atomic mass is 32.1. The van der Waals surface area contributed by atoms with E-state index >= 15 is 0 Å². The molecule has 1 aliphatic heterocycles. The molecule has 0 bridgehead atoms. The van der Waals surface area contributed by atoms with Crippen molar-refractivity contribution in [2.24, 2.45) is 0 Å². The van der Waals surface area contributed by atoms with Crippen LogP contribution in [-0.4, -0.2) is 50.4 Å². The number of rotatable bonds is 3. The standard InChI is InChI=1S/C19H20N6OS/c1-13-2-3-14(11-21-13)24-8-6-23(7-9-24)12-15-10-16-19(27-15)25-5-4-20-17(25)18(26)22-16/h2-5,10-11H,6-9,12H2,1H3,(H,22,26). The van der Waals surface area contributed by atoms with Crippen molar-refractivity contribution in [3.63, 3.8) is 0 Å². The first-order chi connectivity index (χ1) is 13.2. The number of pyridine rings is 1. The number of aryl methyl sites for hydroxylation is 1. The van der Waals surface area contributed by atoms with Crippen LogP contribution in [0.15, 0.2) is 41.6 Å². The van der Waals surface area contributed by atoms with Crippen molar-refractivity contribution in [2.75, 3.05) is 31.1 Å². The number of piperazine rings is 1. The second kappa shape index (κ2) is 6.47. The van der Waals surface area contributed by atoms with E-state index in [0.717, 1.165) is 48.8 Å². The zero-order valence-corrected chi connectivity index (χ0v) is 15.9. The van der Waals surface area contributed by atoms with Crippen molar-refractivity contribution < 1.29 is 0 Å². The second-order valence-electron chi connectivity index (χ2n) is 6.93. The van der Waals surface area contributed by atoms with Gasteiger partial charge in [0.15, 0.2) is 0 Å². The Bertz CT molecular complexity index is 1150. The van der Waals surface area contributed by atoms with E-state index < -0.39 is 0 Å². The van der Waals surface area contributed by atoms with Gasteiger partial charge in [-0.05, 0) is 25.1 Å². The van der Waals surface area contributed by atoms with Gasteiger partial charge in [-0.2, -0.15) is 0 Å². The first-order valence-electron chi connectivity index (χ1n) is 9.05. The molecule has 1 N–H and O–H groups in total. The maximum atomic E-state index is 12.1. The summed E-state index contributed by atoms with van der Waals surface area (Å²) in [4.78, 5) is 30.7. The predicted molar refractivity (Wildman–Crippen MR) is 108 cm³/mol. The number of H-pyrrole nitrogens is 1. The number of fused-ring (bicyclic) bond motifs is 3. The van der Waals surface area contributed by atoms with E-state index in [1.807, 2.05) is 23.7 Å². The Balaban J connectivity index is 1.31. The van der Waals surface area contributed by atoms with Crippen LogP contribution in [0.25, 0.3) is 16.0 Å². The Morgan fingerprint density at radius 1 is 1.19 bits per heavy atom. The van der Waals surface area contributed by atoms with E-state index in [-0.39, 0.29) is 5.56 Å². The number of aromatic nitrogens is 4. The van der Waals surface area contributed by atoms with Gasteiger partial charge in [0.25, 0.3) is 5.56 Å². The van der Waals surface area contributed by atoms with Crippen LogP contribution >= 0.6 is 11.3 Å². The molecule has 0 unspecified atom stereocenters. The van der Waals surface area contributed by atoms with E-state index in [1.54, 1.807) is 17.5 Å². The van der Waals surface area contributed by atoms with Crippen LogP contribution in [0.3, 0.4) is 0 Å². The summed E-state index contributed by atoms with van der Waals surface area (Å²) in [6.07, 6.45) is 5.48. The number of anilines is 1. The molecule has 5 rings (SSSR count). The number of aromatic amines is 1. The minimum absolute atomic E-state index is 0.142. The first kappa shape index (κ1) is 16.5. The molecule has 0 aromatic carbocycles. The lowest BCUT2D eigenvalue weighted by atomic mass is 10.2. The van der Waals surface area contributed by atoms with Gasteiger partial charge < -0.3 is 9.88 Å². The molecule has 5 heterocycles. The largest absolute Gasteiger partial charge is 0.368 e. The Kier molecular flexibility index (Phi) is 3.95. The molecule has 4 aromatic heterocycles. The fourth-order valence-corrected chi connectivity index (χ4v) is 4.76. The van der Waals surface area contributed by atoms with Crippen molar-refractivity contribution >= 4 is 33.0 Å². The number of imidazole rings is 1. The number of nitrogens with zero attached hydrogens (tertiary/aromatic N) is 5. The number of hydrogen-bond acceptors (Lipinski definition) is 6. The Morgan fingerprint density at radius 2 is 2.04 bits per heavy atom. The summed E-state index contributed by atoms with van der Waals surface area (Å²) >= 11 is 1.72. The fraction of sp³-hybridized carbons (Fsp3) is 0.316. The van der Waals surface area contributed by atoms with Crippen LogP contribution in [0.5, 0.6) is 0 Å². The molecule has 8 heteroatoms. The summed E-state index contributed by atoms with van der Waals surface area (Å²) in [7, 11) is 0. The van der Waals surface area contributed by atoms with Crippen LogP contribution in [-0.2, 0) is 6.54 Å². The molecule has 0 spiro atoms. The molecule has 138 valence electrons. The van der Waals surface area contributed by atoms with E-state index in [1.165, 1.54) is 10.6 Å². The highest BCUT2D eigenvalue weighted by Gasteiger charge is 2.19. The third-order valence-corrected chi connectivity index (χ3v) is 6.21. The van der Waals surface area contributed by atoms with Crippen molar-refractivity contribution in [1.82, 2.24) is 24.3 Å². The molecule has 1 aliphatic rings. The summed E-state index contributed by atoms with van der Waals surface area (Å²) in [5, 5.41) is 0. The zero-order chi connectivity index (χ0) is 18.4. The van der Waals surface area contributed by atoms with Crippen LogP contribution in [0.1, 0.15) is 10.6 Å². The van der Waals surface area contributed by atoms with Crippen LogP contribution in [0.2, 0.25) is 0 Å². The van der Waals surface area contributed by atoms with E-state index in [2.05, 4.69) is 43.0 Å². The van der Waals surface area contributed by atoms with Gasteiger partial charge in [0.2, 0.25) is 5.65 Å². The molecule has 0 radical (unpaired) electrons. The molecule has 1 fully saturated rings. The Morgan fingerprint density at radius 3 is 2.81 bits per heavy atom. The van der Waals surface area contributed by atoms with Crippen molar-refractivity contribution in [1.29, 1.82) is 0 Å². The Hall–Kier alpha value is -2.71. The van der Waals surface area contributed by atoms with E-state index in [4.69, 9.17) is 0 Å². The Labute approximate surface area is 159 Å². The van der Waals surface area contributed by atoms with Gasteiger partial charge in [-0.3, -0.25) is 19.1 Å². The van der Waals surface area contributed by atoms with E-state index in [9.17, 15) is 4.79 Å². The van der Waals surface area contributed by atoms with Crippen LogP contribution in [0.4, 0.5) is 5.69 Å². The molecule has 0 saturated carbocycles. The lowest BCUT2D eigenvalue weighted by Crippen LogP contribution is -2.45. The lowest BCUT2D eigenvalue weighted by molar-refractivity contribution is 0.252. The molecule has 0 atom stereocenters. The number of hydrogen-bond donors (Lipinski definition) is 1. The predicted octanol–water partition coefficient (Wildman–Crippen LogP) is 2.26. The first-order valence-corrected chi connectivity index (χ1v) is 9.87. The van der Waals surface area contributed by atoms with Crippen molar-refractivity contribution in [2.45, 2.75) is 13.5 Å². The zero-order valence-electron chi connectivity index (χ0n) is 15.1. The minimum atomic E-state index is -0.142. The summed E-state index contributed by atoms with van der Waals surface area (Å²) in [5.74, 6) is 0. The fourth-order valence-electron chi connectivity index (χ4n) is 3.62. The molecule has 7 nitrogen and oxygen atoms in total. The highest BCUT2D eigenvalue weighted by Crippen LogP contribution is 2.25. The second-order valence-corrected chi connectivity index (χ2v) is 8.04. The minimum Gasteiger partial charge on any atom is -0.368 e. The lowest BCUT2D eigenvalue weighted by Gasteiger charge is -2.35. The van der Waals surface area contributed by atoms with Gasteiger partial charge in [-0.1, -0.05) is 0 Å². The van der Waals surface area contributed by atoms with Gasteiger partial charge in [0, 0.05) is 55.7 Å². The SMILES string of the molecule is Cc1ccc(N2CCN(Cc3cc4[nH]c(=O)c5nccn5c4s3)CC2)cn1. The van der Waals surface area contributed by atoms with E-state index in [0.29, 0.717) is 5.65 Å². The molecule has 27 heavy (non-hydrogen) atoms. The topological polar surface area (TPSA) is 69.5 Å². The molecule has 1 saturated heterocycles. The summed E-state index contributed by atoms with van der Waals surface area (Å²) < 4.78 is 1.88. The van der Waals surface area contributed by atoms with Gasteiger partial charge in [0.1, 0.15) is 4.83 Å². The van der Waals surface area contributed by atoms with Crippen LogP contribution in [0, 0.1) is 6.92 Å². The summed E-state index contributed by atoms with van der Waals surface area (Å²) in [6, 6.07) is 6.31. The van der Waals surface area contributed by atoms with Gasteiger partial charge in [-0.15, -0.1) is 11.3 Å². The maximum absolute atomic E-state index is 12.1. The van der Waals surface area contributed by atoms with Gasteiger partial charge in [0.05, 0.1) is 17.4 Å². The van der Waals surface area contributed by atoms with Crippen molar-refractivity contribution in [3.05, 3.63) is 57.7 Å². The van der Waals surface area contributed by atoms with Crippen molar-refractivity contribution in [3.8, 4) is 0 Å². The third-order valence-electron chi connectivity index (χ3n) is 5.09. The summed E-state index contributed by atoms with van der Waals surface area (Å²) in [5.41, 5.74) is 3.44. The molecular formula is C19H20N6OS. The number of thiophene rings is 1. The molecule has 0 aliphatic carbocycles. The van der Waals surface area contributed by atoms with Crippen LogP contribution < -0.4 is 10.5 Å².